The van der Waals surface area contributed by atoms with Crippen molar-refractivity contribution in [3.05, 3.63) is 100 Å². The summed E-state index contributed by atoms with van der Waals surface area (Å²) in [5.74, 6) is -2.39. The van der Waals surface area contributed by atoms with Crippen LogP contribution in [0.25, 0.3) is 16.0 Å². The zero-order chi connectivity index (χ0) is 23.3. The Morgan fingerprint density at radius 2 is 1.64 bits per heavy atom. The van der Waals surface area contributed by atoms with Crippen molar-refractivity contribution in [2.24, 2.45) is 0 Å². The Morgan fingerprint density at radius 1 is 0.970 bits per heavy atom. The van der Waals surface area contributed by atoms with Gasteiger partial charge in [0.25, 0.3) is 5.78 Å². The smallest absolute Gasteiger partial charge is 0.301 e. The number of amides is 1. The molecule has 0 saturated carbocycles. The number of fused-ring (bicyclic) bond motifs is 1. The molecule has 1 N–H and O–H groups in total. The number of anilines is 1. The number of aliphatic hydroxyl groups is 1. The molecule has 1 saturated heterocycles. The van der Waals surface area contributed by atoms with Crippen molar-refractivity contribution in [2.75, 3.05) is 4.90 Å². The molecule has 33 heavy (non-hydrogen) atoms. The standard InChI is InChI=1S/C26H19FN2O3S/c1-14-3-6-16(7-4-14)22-21(23(30)17-8-10-18(27)11-9-17)24(31)25(32)29(22)26-28-19-12-5-15(2)13-20(19)33-26/h3-13,22,30H,1-2H3/t22-/m0/s1. The summed E-state index contributed by atoms with van der Waals surface area (Å²) in [5, 5.41) is 11.4. The Bertz CT molecular complexity index is 1440. The molecule has 1 fully saturated rings. The van der Waals surface area contributed by atoms with Gasteiger partial charge in [-0.2, -0.15) is 0 Å². The van der Waals surface area contributed by atoms with Gasteiger partial charge in [-0.25, -0.2) is 9.37 Å². The van der Waals surface area contributed by atoms with E-state index in [1.807, 2.05) is 56.3 Å². The number of halogens is 1. The minimum absolute atomic E-state index is 0.0501. The van der Waals surface area contributed by atoms with Crippen molar-refractivity contribution < 1.29 is 19.1 Å². The maximum atomic E-state index is 13.4. The SMILES string of the molecule is Cc1ccc([C@H]2C(=C(O)c3ccc(F)cc3)C(=O)C(=O)N2c2nc3ccc(C)cc3s2)cc1. The summed E-state index contributed by atoms with van der Waals surface area (Å²) in [7, 11) is 0. The van der Waals surface area contributed by atoms with Crippen LogP contribution in [0.4, 0.5) is 9.52 Å². The van der Waals surface area contributed by atoms with Crippen molar-refractivity contribution in [1.82, 2.24) is 4.98 Å². The zero-order valence-electron chi connectivity index (χ0n) is 17.9. The summed E-state index contributed by atoms with van der Waals surface area (Å²) < 4.78 is 14.3. The molecule has 0 bridgehead atoms. The van der Waals surface area contributed by atoms with E-state index in [0.29, 0.717) is 10.7 Å². The molecular formula is C26H19FN2O3S. The lowest BCUT2D eigenvalue weighted by Crippen LogP contribution is -2.29. The van der Waals surface area contributed by atoms with Crippen LogP contribution in [0.2, 0.25) is 0 Å². The predicted molar refractivity (Wildman–Crippen MR) is 127 cm³/mol. The highest BCUT2D eigenvalue weighted by Gasteiger charge is 2.48. The van der Waals surface area contributed by atoms with E-state index in [4.69, 9.17) is 0 Å². The molecular weight excluding hydrogens is 439 g/mol. The van der Waals surface area contributed by atoms with Gasteiger partial charge in [-0.15, -0.1) is 0 Å². The number of aliphatic hydroxyl groups excluding tert-OH is 1. The molecule has 7 heteroatoms. The van der Waals surface area contributed by atoms with Gasteiger partial charge in [0.2, 0.25) is 0 Å². The molecule has 2 heterocycles. The molecule has 1 aromatic heterocycles. The highest BCUT2D eigenvalue weighted by molar-refractivity contribution is 7.22. The Labute approximate surface area is 193 Å². The molecule has 0 aliphatic carbocycles. The third-order valence-electron chi connectivity index (χ3n) is 5.69. The molecule has 0 radical (unpaired) electrons. The first kappa shape index (κ1) is 21.0. The second kappa shape index (κ2) is 7.94. The Balaban J connectivity index is 1.73. The lowest BCUT2D eigenvalue weighted by molar-refractivity contribution is -0.132. The summed E-state index contributed by atoms with van der Waals surface area (Å²) in [6.45, 7) is 3.91. The molecule has 1 aliphatic heterocycles. The quantitative estimate of drug-likeness (QED) is 0.244. The Hall–Kier alpha value is -3.84. The molecule has 4 aromatic rings. The molecule has 0 spiro atoms. The Morgan fingerprint density at radius 3 is 2.33 bits per heavy atom. The largest absolute Gasteiger partial charge is 0.507 e. The highest BCUT2D eigenvalue weighted by Crippen LogP contribution is 2.44. The van der Waals surface area contributed by atoms with Gasteiger partial charge in [0.15, 0.2) is 5.13 Å². The van der Waals surface area contributed by atoms with Crippen molar-refractivity contribution >= 4 is 44.1 Å². The lowest BCUT2D eigenvalue weighted by Gasteiger charge is -2.23. The third-order valence-corrected chi connectivity index (χ3v) is 6.71. The number of rotatable bonds is 3. The van der Waals surface area contributed by atoms with E-state index in [-0.39, 0.29) is 16.9 Å². The Kier molecular flexibility index (Phi) is 5.06. The molecule has 1 amide bonds. The molecule has 1 aliphatic rings. The van der Waals surface area contributed by atoms with Gasteiger partial charge < -0.3 is 5.11 Å². The van der Waals surface area contributed by atoms with Crippen LogP contribution in [0.1, 0.15) is 28.3 Å². The molecule has 0 unspecified atom stereocenters. The summed E-state index contributed by atoms with van der Waals surface area (Å²) >= 11 is 1.32. The van der Waals surface area contributed by atoms with Crippen LogP contribution < -0.4 is 4.90 Å². The summed E-state index contributed by atoms with van der Waals surface area (Å²) in [6, 6.07) is 17.5. The maximum Gasteiger partial charge on any atom is 0.301 e. The number of thiazole rings is 1. The summed E-state index contributed by atoms with van der Waals surface area (Å²) in [5.41, 5.74) is 3.68. The molecule has 164 valence electrons. The minimum atomic E-state index is -0.864. The van der Waals surface area contributed by atoms with E-state index >= 15 is 0 Å². The van der Waals surface area contributed by atoms with E-state index < -0.39 is 23.5 Å². The molecule has 5 nitrogen and oxygen atoms in total. The predicted octanol–water partition coefficient (Wildman–Crippen LogP) is 5.68. The van der Waals surface area contributed by atoms with Gasteiger partial charge in [0.05, 0.1) is 21.8 Å². The van der Waals surface area contributed by atoms with Crippen molar-refractivity contribution in [3.8, 4) is 0 Å². The second-order valence-corrected chi connectivity index (χ2v) is 9.06. The number of ketones is 1. The van der Waals surface area contributed by atoms with E-state index in [1.165, 1.54) is 40.5 Å². The highest BCUT2D eigenvalue weighted by atomic mass is 32.1. The van der Waals surface area contributed by atoms with Gasteiger partial charge in [-0.3, -0.25) is 14.5 Å². The van der Waals surface area contributed by atoms with Crippen LogP contribution in [0.15, 0.2) is 72.3 Å². The van der Waals surface area contributed by atoms with E-state index in [1.54, 1.807) is 0 Å². The average molecular weight is 459 g/mol. The number of aromatic nitrogens is 1. The number of Topliss-reactive ketones (excluding diaryl/α,β-unsaturated/α-hetero) is 1. The van der Waals surface area contributed by atoms with E-state index in [2.05, 4.69) is 4.98 Å². The zero-order valence-corrected chi connectivity index (χ0v) is 18.7. The van der Waals surface area contributed by atoms with Crippen LogP contribution in [-0.2, 0) is 9.59 Å². The monoisotopic (exact) mass is 458 g/mol. The van der Waals surface area contributed by atoms with Gasteiger partial charge in [-0.05, 0) is 61.4 Å². The first-order valence-electron chi connectivity index (χ1n) is 10.3. The number of carbonyl (C=O) groups is 2. The average Bonchev–Trinajstić information content (AvgIpc) is 3.32. The molecule has 5 rings (SSSR count). The van der Waals surface area contributed by atoms with Crippen molar-refractivity contribution in [3.63, 3.8) is 0 Å². The third kappa shape index (κ3) is 3.60. The topological polar surface area (TPSA) is 70.5 Å². The first-order valence-corrected chi connectivity index (χ1v) is 11.2. The fraction of sp³-hybridized carbons (Fsp3) is 0.115. The number of hydrogen-bond acceptors (Lipinski definition) is 5. The second-order valence-electron chi connectivity index (χ2n) is 8.05. The minimum Gasteiger partial charge on any atom is -0.507 e. The lowest BCUT2D eigenvalue weighted by atomic mass is 9.95. The van der Waals surface area contributed by atoms with Gasteiger partial charge in [0.1, 0.15) is 11.6 Å². The van der Waals surface area contributed by atoms with Crippen LogP contribution in [-0.4, -0.2) is 21.8 Å². The van der Waals surface area contributed by atoms with Gasteiger partial charge in [-0.1, -0.05) is 47.2 Å². The number of hydrogen-bond donors (Lipinski definition) is 1. The van der Waals surface area contributed by atoms with Crippen LogP contribution >= 0.6 is 11.3 Å². The fourth-order valence-electron chi connectivity index (χ4n) is 3.98. The van der Waals surface area contributed by atoms with Gasteiger partial charge in [0, 0.05) is 5.56 Å². The van der Waals surface area contributed by atoms with Crippen molar-refractivity contribution in [1.29, 1.82) is 0 Å². The number of benzene rings is 3. The number of carbonyl (C=O) groups excluding carboxylic acids is 2. The summed E-state index contributed by atoms with van der Waals surface area (Å²) in [4.78, 5) is 32.4. The molecule has 3 aromatic carbocycles. The van der Waals surface area contributed by atoms with E-state index in [9.17, 15) is 19.1 Å². The van der Waals surface area contributed by atoms with Crippen molar-refractivity contribution in [2.45, 2.75) is 19.9 Å². The van der Waals surface area contributed by atoms with Gasteiger partial charge >= 0.3 is 5.91 Å². The van der Waals surface area contributed by atoms with Crippen LogP contribution in [0, 0.1) is 19.7 Å². The van der Waals surface area contributed by atoms with E-state index in [0.717, 1.165) is 21.3 Å². The normalized spacial score (nSPS) is 17.8. The van der Waals surface area contributed by atoms with Crippen LogP contribution in [0.3, 0.4) is 0 Å². The van der Waals surface area contributed by atoms with Crippen LogP contribution in [0.5, 0.6) is 0 Å². The molecule has 1 atom stereocenters. The number of aryl methyl sites for hydroxylation is 2. The fourth-order valence-corrected chi connectivity index (χ4v) is 5.07. The number of nitrogens with zero attached hydrogens (tertiary/aromatic N) is 2. The maximum absolute atomic E-state index is 13.4. The summed E-state index contributed by atoms with van der Waals surface area (Å²) in [6.07, 6.45) is 0. The first-order chi connectivity index (χ1) is 15.8.